The van der Waals surface area contributed by atoms with Gasteiger partial charge in [0.1, 0.15) is 5.82 Å². The molecule has 2 amide bonds. The Morgan fingerprint density at radius 2 is 1.59 bits per heavy atom. The lowest BCUT2D eigenvalue weighted by atomic mass is 9.92. The fourth-order valence-electron chi connectivity index (χ4n) is 4.28. The molecule has 0 atom stereocenters. The molecule has 0 N–H and O–H groups in total. The highest BCUT2D eigenvalue weighted by Gasteiger charge is 2.43. The number of alkyl halides is 3. The highest BCUT2D eigenvalue weighted by atomic mass is 19.4. The lowest BCUT2D eigenvalue weighted by Crippen LogP contribution is -2.40. The normalized spacial score (nSPS) is 17.8. The first kappa shape index (κ1) is 22.2. The van der Waals surface area contributed by atoms with Gasteiger partial charge in [0.2, 0.25) is 5.91 Å². The zero-order chi connectivity index (χ0) is 22.9. The molecular formula is C21H23F4N5O2. The van der Waals surface area contributed by atoms with Crippen molar-refractivity contribution in [2.75, 3.05) is 26.2 Å². The number of hydrogen-bond acceptors (Lipinski definition) is 4. The fourth-order valence-corrected chi connectivity index (χ4v) is 4.28. The van der Waals surface area contributed by atoms with Gasteiger partial charge in [-0.15, -0.1) is 5.10 Å². The number of halogens is 4. The zero-order valence-corrected chi connectivity index (χ0v) is 17.3. The summed E-state index contributed by atoms with van der Waals surface area (Å²) in [5.74, 6) is -1.25. The first-order valence-corrected chi connectivity index (χ1v) is 10.6. The predicted molar refractivity (Wildman–Crippen MR) is 105 cm³/mol. The largest absolute Gasteiger partial charge is 0.435 e. The van der Waals surface area contributed by atoms with Crippen LogP contribution in [0.1, 0.15) is 48.3 Å². The molecule has 0 spiro atoms. The van der Waals surface area contributed by atoms with Gasteiger partial charge in [-0.3, -0.25) is 9.59 Å². The van der Waals surface area contributed by atoms with Crippen LogP contribution in [0.5, 0.6) is 0 Å². The number of likely N-dealkylation sites (tertiary alicyclic amines) is 2. The minimum atomic E-state index is -4.89. The second-order valence-corrected chi connectivity index (χ2v) is 8.20. The second kappa shape index (κ2) is 8.87. The van der Waals surface area contributed by atoms with Gasteiger partial charge >= 0.3 is 6.18 Å². The summed E-state index contributed by atoms with van der Waals surface area (Å²) < 4.78 is 55.1. The van der Waals surface area contributed by atoms with Crippen molar-refractivity contribution in [3.63, 3.8) is 0 Å². The number of carbonyl (C=O) groups is 2. The van der Waals surface area contributed by atoms with E-state index in [1.54, 1.807) is 0 Å². The van der Waals surface area contributed by atoms with Gasteiger partial charge in [-0.05, 0) is 55.9 Å². The van der Waals surface area contributed by atoms with Crippen molar-refractivity contribution >= 4 is 11.8 Å². The average molecular weight is 453 g/mol. The molecule has 2 aliphatic rings. The Hall–Kier alpha value is -2.98. The summed E-state index contributed by atoms with van der Waals surface area (Å²) in [5.41, 5.74) is -2.13. The smallest absolute Gasteiger partial charge is 0.343 e. The van der Waals surface area contributed by atoms with Crippen molar-refractivity contribution < 1.29 is 27.2 Å². The van der Waals surface area contributed by atoms with Crippen LogP contribution in [0.25, 0.3) is 5.69 Å². The maximum Gasteiger partial charge on any atom is 0.435 e. The number of nitrogens with zero attached hydrogens (tertiary/aromatic N) is 5. The number of rotatable bonds is 4. The van der Waals surface area contributed by atoms with E-state index in [1.807, 2.05) is 4.90 Å². The minimum Gasteiger partial charge on any atom is -0.343 e. The molecule has 172 valence electrons. The molecule has 2 aliphatic heterocycles. The monoisotopic (exact) mass is 453 g/mol. The second-order valence-electron chi connectivity index (χ2n) is 8.20. The van der Waals surface area contributed by atoms with Gasteiger partial charge in [-0.1, -0.05) is 5.21 Å². The van der Waals surface area contributed by atoms with Gasteiger partial charge in [-0.25, -0.2) is 9.07 Å². The van der Waals surface area contributed by atoms with Crippen LogP contribution >= 0.6 is 0 Å². The topological polar surface area (TPSA) is 71.3 Å². The number of amides is 2. The molecule has 2 saturated heterocycles. The summed E-state index contributed by atoms with van der Waals surface area (Å²) in [6.07, 6.45) is -1.38. The molecule has 2 aromatic rings. The van der Waals surface area contributed by atoms with Crippen LogP contribution in [0, 0.1) is 11.7 Å². The molecule has 1 aromatic carbocycles. The molecule has 2 fully saturated rings. The van der Waals surface area contributed by atoms with E-state index >= 15 is 0 Å². The lowest BCUT2D eigenvalue weighted by molar-refractivity contribution is -0.143. The summed E-state index contributed by atoms with van der Waals surface area (Å²) in [7, 11) is 0. The molecular weight excluding hydrogens is 430 g/mol. The van der Waals surface area contributed by atoms with Crippen LogP contribution in [-0.2, 0) is 11.0 Å². The molecule has 32 heavy (non-hydrogen) atoms. The van der Waals surface area contributed by atoms with E-state index in [-0.39, 0.29) is 30.6 Å². The Labute approximate surface area is 182 Å². The Morgan fingerprint density at radius 3 is 2.19 bits per heavy atom. The van der Waals surface area contributed by atoms with E-state index in [0.29, 0.717) is 23.9 Å². The van der Waals surface area contributed by atoms with E-state index in [9.17, 15) is 27.2 Å². The molecule has 4 rings (SSSR count). The summed E-state index contributed by atoms with van der Waals surface area (Å²) in [4.78, 5) is 28.4. The van der Waals surface area contributed by atoms with Crippen molar-refractivity contribution in [3.8, 4) is 5.69 Å². The molecule has 3 heterocycles. The molecule has 0 radical (unpaired) electrons. The average Bonchev–Trinajstić information content (AvgIpc) is 3.44. The van der Waals surface area contributed by atoms with Crippen LogP contribution in [0.15, 0.2) is 24.3 Å². The molecule has 1 aromatic heterocycles. The molecule has 7 nitrogen and oxygen atoms in total. The van der Waals surface area contributed by atoms with Gasteiger partial charge in [0.15, 0.2) is 11.4 Å². The molecule has 11 heteroatoms. The van der Waals surface area contributed by atoms with E-state index in [0.717, 1.165) is 50.2 Å². The minimum absolute atomic E-state index is 0.0515. The molecule has 0 bridgehead atoms. The molecule has 0 unspecified atom stereocenters. The highest BCUT2D eigenvalue weighted by Crippen LogP contribution is 2.34. The van der Waals surface area contributed by atoms with Gasteiger partial charge in [0.25, 0.3) is 5.91 Å². The van der Waals surface area contributed by atoms with Crippen LogP contribution in [0.4, 0.5) is 17.6 Å². The number of hydrogen-bond donors (Lipinski definition) is 0. The maximum absolute atomic E-state index is 13.8. The van der Waals surface area contributed by atoms with E-state index in [4.69, 9.17) is 0 Å². The predicted octanol–water partition coefficient (Wildman–Crippen LogP) is 3.29. The maximum atomic E-state index is 13.8. The standard InChI is InChI=1S/C21H23F4N5O2/c22-15-3-5-16(6-4-15)30-19(21(23,24)25)18(26-27-30)20(32)29-11-7-14(8-12-29)13-17(31)28-9-1-2-10-28/h3-6,14H,1-2,7-13H2. The van der Waals surface area contributed by atoms with Crippen LogP contribution in [0.2, 0.25) is 0 Å². The number of carbonyl (C=O) groups excluding carboxylic acids is 2. The van der Waals surface area contributed by atoms with Crippen molar-refractivity contribution in [1.29, 1.82) is 0 Å². The molecule has 0 aliphatic carbocycles. The summed E-state index contributed by atoms with van der Waals surface area (Å²) in [6.45, 7) is 2.05. The number of benzene rings is 1. The summed E-state index contributed by atoms with van der Waals surface area (Å²) in [6, 6.07) is 4.28. The SMILES string of the molecule is O=C(CC1CCN(C(=O)c2nnn(-c3ccc(F)cc3)c2C(F)(F)F)CC1)N1CCCC1. The highest BCUT2D eigenvalue weighted by molar-refractivity contribution is 5.93. The van der Waals surface area contributed by atoms with E-state index in [1.165, 1.54) is 4.90 Å². The van der Waals surface area contributed by atoms with Gasteiger partial charge in [-0.2, -0.15) is 13.2 Å². The van der Waals surface area contributed by atoms with Crippen LogP contribution in [0.3, 0.4) is 0 Å². The van der Waals surface area contributed by atoms with Crippen molar-refractivity contribution in [2.45, 2.75) is 38.3 Å². The first-order chi connectivity index (χ1) is 15.2. The Balaban J connectivity index is 1.46. The Morgan fingerprint density at radius 1 is 0.969 bits per heavy atom. The van der Waals surface area contributed by atoms with Crippen molar-refractivity contribution in [1.82, 2.24) is 24.8 Å². The Kier molecular flexibility index (Phi) is 6.16. The third-order valence-corrected chi connectivity index (χ3v) is 6.04. The van der Waals surface area contributed by atoms with Gasteiger partial charge in [0, 0.05) is 32.6 Å². The lowest BCUT2D eigenvalue weighted by Gasteiger charge is -2.32. The summed E-state index contributed by atoms with van der Waals surface area (Å²) in [5, 5.41) is 7.05. The first-order valence-electron chi connectivity index (χ1n) is 10.6. The Bertz CT molecular complexity index is 975. The van der Waals surface area contributed by atoms with Gasteiger partial charge < -0.3 is 9.80 Å². The van der Waals surface area contributed by atoms with E-state index in [2.05, 4.69) is 10.3 Å². The quantitative estimate of drug-likeness (QED) is 0.667. The summed E-state index contributed by atoms with van der Waals surface area (Å²) >= 11 is 0. The van der Waals surface area contributed by atoms with Crippen molar-refractivity contribution in [2.24, 2.45) is 5.92 Å². The van der Waals surface area contributed by atoms with E-state index < -0.39 is 29.3 Å². The number of aromatic nitrogens is 3. The number of piperidine rings is 1. The van der Waals surface area contributed by atoms with Crippen LogP contribution < -0.4 is 0 Å². The van der Waals surface area contributed by atoms with Crippen molar-refractivity contribution in [3.05, 3.63) is 41.5 Å². The fraction of sp³-hybridized carbons (Fsp3) is 0.524. The van der Waals surface area contributed by atoms with Crippen LogP contribution in [-0.4, -0.2) is 62.8 Å². The van der Waals surface area contributed by atoms with Gasteiger partial charge in [0.05, 0.1) is 5.69 Å². The third kappa shape index (κ3) is 4.61. The zero-order valence-electron chi connectivity index (χ0n) is 17.3. The molecule has 0 saturated carbocycles. The third-order valence-electron chi connectivity index (χ3n) is 6.04.